The standard InChI is InChI=1S/C38H61N3O47S5/c1-5(44)39-9-14(47)21(81-38-26(88-93(72,73)74)19(52)24(29(86-38)32(57)58)84-35-10(40-89(60,61)62)13(46)12(45)6(2-42)76-35)8(4-75-91(66,67)68)78-34(9)82-22-16(49)17(50)37(85-28(22)31(55)56)80-20-7(3-43)77-36(11(15(20)48)41-90(63,64)65)83-23-18(51)25(87-92(69,70)71)33(59)79-27(23)30(53)54/h6-29,33-38,40-43,45-52,59H,2-4H2,1H3,(H,39,44)(H,53,54)(H,55,56)(H,57,58)(H,60,61,62)(H,63,64,65)(H,66,67,68)(H,69,70,71)(H,72,73,74)/t6-,7+,8+,9-,10+,11-,12-,13+,14?,15-,16-,17-,18+,19+,20+,21-,22+,23+,24+,25-,26-,27?,28?,29-,33-,34-,35-,36+,37-,38-/m0/s1. The van der Waals surface area contributed by atoms with E-state index in [4.69, 9.17) is 52.1 Å². The molecule has 6 fully saturated rings. The second kappa shape index (κ2) is 30.6. The zero-order valence-corrected chi connectivity index (χ0v) is 50.0. The van der Waals surface area contributed by atoms with Gasteiger partial charge < -0.3 is 129 Å². The summed E-state index contributed by atoms with van der Waals surface area (Å²) in [7, 11) is -28.5. The lowest BCUT2D eigenvalue weighted by Crippen LogP contribution is -2.71. The van der Waals surface area contributed by atoms with Gasteiger partial charge in [-0.2, -0.15) is 51.5 Å². The van der Waals surface area contributed by atoms with Gasteiger partial charge >= 0.3 is 69.7 Å². The van der Waals surface area contributed by atoms with E-state index in [9.17, 15) is 156 Å². The highest BCUT2D eigenvalue weighted by Gasteiger charge is 2.61. The summed E-state index contributed by atoms with van der Waals surface area (Å²) in [5.74, 6) is -7.92. The van der Waals surface area contributed by atoms with Crippen LogP contribution in [0.3, 0.4) is 0 Å². The highest BCUT2D eigenvalue weighted by molar-refractivity contribution is 7.84. The molecule has 22 N–H and O–H groups in total. The van der Waals surface area contributed by atoms with Crippen molar-refractivity contribution < 1.29 is 220 Å². The lowest BCUT2D eigenvalue weighted by atomic mass is 9.94. The van der Waals surface area contributed by atoms with E-state index < -0.39 is 279 Å². The molecule has 0 spiro atoms. The number of aliphatic carboxylic acids is 3. The zero-order chi connectivity index (χ0) is 70.3. The number of ether oxygens (including phenoxy) is 11. The van der Waals surface area contributed by atoms with Crippen LogP contribution in [0.15, 0.2) is 0 Å². The predicted octanol–water partition coefficient (Wildman–Crippen LogP) is -15.4. The average molecular weight is 1470 g/mol. The number of carbonyl (C=O) groups is 4. The maximum Gasteiger partial charge on any atom is 0.397 e. The fraction of sp³-hybridized carbons (Fsp3) is 0.895. The molecule has 6 heterocycles. The summed E-state index contributed by atoms with van der Waals surface area (Å²) in [5.41, 5.74) is 0. The second-order valence-corrected chi connectivity index (χ2v) is 25.9. The Hall–Kier alpha value is -3.65. The molecule has 0 aromatic rings. The van der Waals surface area contributed by atoms with Crippen molar-refractivity contribution in [2.75, 3.05) is 19.8 Å². The molecule has 0 aromatic heterocycles. The quantitative estimate of drug-likeness (QED) is 0.0340. The molecule has 55 heteroatoms. The molecule has 3 unspecified atom stereocenters. The van der Waals surface area contributed by atoms with Gasteiger partial charge in [-0.05, 0) is 0 Å². The van der Waals surface area contributed by atoms with Crippen molar-refractivity contribution in [3.8, 4) is 0 Å². The van der Waals surface area contributed by atoms with Crippen LogP contribution in [-0.4, -0.2) is 364 Å². The smallest absolute Gasteiger partial charge is 0.397 e. The first-order valence-electron chi connectivity index (χ1n) is 25.6. The van der Waals surface area contributed by atoms with Crippen LogP contribution in [-0.2, 0) is 136 Å². The van der Waals surface area contributed by atoms with Crippen molar-refractivity contribution in [1.29, 1.82) is 0 Å². The van der Waals surface area contributed by atoms with Gasteiger partial charge in [-0.3, -0.25) is 27.6 Å². The Bertz CT molecular complexity index is 3210. The first-order chi connectivity index (χ1) is 42.7. The molecule has 1 amide bonds. The highest BCUT2D eigenvalue weighted by atomic mass is 32.3. The SMILES string of the molecule is CC(=O)N[C@H]1C(O)[C@@H](O[C@H]2O[C@H](C(=O)O)[C@H](O[C@@H]3O[C@@H](CO)[C@H](O)[C@H](O)[C@H]3NS(=O)(=O)O)[C@@H](O)[C@@H]2OS(=O)(=O)O)[C@@H](COS(=O)(=O)O)O[C@H]1O[C@H]1C(C(=O)O)O[C@H](O[C@H]2[C@@H](O)[C@H](NS(=O)(=O)O)[C@@H](O[C@H]3C(C(=O)O)O[C@H](O)[C@@H](OS(=O)(=O)O)[C@@H]3O)O[C@@H]2CO)[C@@H](O)[C@@H]1O. The molecule has 0 aliphatic carbocycles. The minimum atomic E-state index is -6.00. The summed E-state index contributed by atoms with van der Waals surface area (Å²) >= 11 is 0. The third kappa shape index (κ3) is 19.8. The summed E-state index contributed by atoms with van der Waals surface area (Å²) < 4.78 is 242. The fourth-order valence-electron chi connectivity index (χ4n) is 10.1. The molecule has 0 radical (unpaired) electrons. The van der Waals surface area contributed by atoms with Crippen molar-refractivity contribution in [2.45, 2.75) is 191 Å². The van der Waals surface area contributed by atoms with Crippen molar-refractivity contribution in [1.82, 2.24) is 14.8 Å². The number of carboxylic acid groups (broad SMARTS) is 3. The number of aliphatic hydroxyl groups excluding tert-OH is 11. The molecule has 0 bridgehead atoms. The Balaban J connectivity index is 1.30. The maximum absolute atomic E-state index is 12.9. The van der Waals surface area contributed by atoms with Crippen LogP contribution in [0.2, 0.25) is 0 Å². The summed E-state index contributed by atoms with van der Waals surface area (Å²) in [5, 5.41) is 153. The Morgan fingerprint density at radius 2 is 0.763 bits per heavy atom. The normalized spacial score (nSPS) is 42.4. The lowest BCUT2D eigenvalue weighted by molar-refractivity contribution is -0.377. The number of nitrogens with one attached hydrogen (secondary N) is 3. The Kier molecular flexibility index (Phi) is 25.8. The molecule has 50 nitrogen and oxygen atoms in total. The Morgan fingerprint density at radius 3 is 1.22 bits per heavy atom. The van der Waals surface area contributed by atoms with Crippen molar-refractivity contribution in [2.24, 2.45) is 0 Å². The van der Waals surface area contributed by atoms with Gasteiger partial charge in [0, 0.05) is 6.92 Å². The number of aliphatic hydroxyl groups is 11. The average Bonchev–Trinajstić information content (AvgIpc) is 0.774. The number of amides is 1. The largest absolute Gasteiger partial charge is 0.479 e. The third-order valence-corrected chi connectivity index (χ3v) is 16.5. The van der Waals surface area contributed by atoms with Crippen LogP contribution in [0.25, 0.3) is 0 Å². The van der Waals surface area contributed by atoms with Gasteiger partial charge in [0.15, 0.2) is 68.3 Å². The molecular formula is C38H61N3O47S5. The van der Waals surface area contributed by atoms with Gasteiger partial charge in [0.2, 0.25) is 5.91 Å². The van der Waals surface area contributed by atoms with Gasteiger partial charge in [0.1, 0.15) is 116 Å². The zero-order valence-electron chi connectivity index (χ0n) is 45.9. The number of carbonyl (C=O) groups excluding carboxylic acids is 1. The van der Waals surface area contributed by atoms with Crippen LogP contribution < -0.4 is 14.8 Å². The fourth-order valence-corrected chi connectivity index (χ4v) is 12.5. The lowest BCUT2D eigenvalue weighted by Gasteiger charge is -2.50. The van der Waals surface area contributed by atoms with E-state index in [0.29, 0.717) is 6.92 Å². The number of carboxylic acids is 3. The molecule has 93 heavy (non-hydrogen) atoms. The van der Waals surface area contributed by atoms with Crippen molar-refractivity contribution in [3.63, 3.8) is 0 Å². The Labute approximate surface area is 519 Å². The van der Waals surface area contributed by atoms with E-state index in [2.05, 4.69) is 12.5 Å². The van der Waals surface area contributed by atoms with Gasteiger partial charge in [0.25, 0.3) is 0 Å². The molecule has 6 saturated heterocycles. The summed E-state index contributed by atoms with van der Waals surface area (Å²) in [6, 6.07) is -7.46. The molecule has 6 rings (SSSR count). The van der Waals surface area contributed by atoms with Gasteiger partial charge in [0.05, 0.1) is 19.8 Å². The number of hydrogen-bond acceptors (Lipinski definition) is 39. The molecular weight excluding hydrogens is 1410 g/mol. The summed E-state index contributed by atoms with van der Waals surface area (Å²) in [6.45, 7) is -3.70. The number of rotatable bonds is 27. The van der Waals surface area contributed by atoms with Crippen LogP contribution in [0, 0.1) is 0 Å². The molecule has 6 aliphatic heterocycles. The minimum absolute atomic E-state index is 0.692. The van der Waals surface area contributed by atoms with Crippen LogP contribution in [0.5, 0.6) is 0 Å². The van der Waals surface area contributed by atoms with Crippen molar-refractivity contribution >= 4 is 75.6 Å². The van der Waals surface area contributed by atoms with Crippen molar-refractivity contribution in [3.05, 3.63) is 0 Å². The van der Waals surface area contributed by atoms with Gasteiger partial charge in [-0.1, -0.05) is 0 Å². The first-order valence-corrected chi connectivity index (χ1v) is 32.6. The third-order valence-electron chi connectivity index (χ3n) is 14.0. The maximum atomic E-state index is 12.9. The summed E-state index contributed by atoms with van der Waals surface area (Å²) in [4.78, 5) is 50.6. The molecule has 6 aliphatic rings. The first kappa shape index (κ1) is 78.3. The van der Waals surface area contributed by atoms with E-state index in [1.807, 2.05) is 5.32 Å². The monoisotopic (exact) mass is 1470 g/mol. The second-order valence-electron chi connectivity index (χ2n) is 20.4. The van der Waals surface area contributed by atoms with E-state index in [-0.39, 0.29) is 0 Å². The minimum Gasteiger partial charge on any atom is -0.479 e. The van der Waals surface area contributed by atoms with E-state index in [1.165, 1.54) is 9.44 Å². The topological polar surface area (TPSA) is 789 Å². The molecule has 30 atom stereocenters. The molecule has 540 valence electrons. The molecule has 0 aromatic carbocycles. The predicted molar refractivity (Wildman–Crippen MR) is 269 cm³/mol. The van der Waals surface area contributed by atoms with E-state index in [0.717, 1.165) is 0 Å². The van der Waals surface area contributed by atoms with E-state index >= 15 is 0 Å². The Morgan fingerprint density at radius 1 is 0.387 bits per heavy atom. The van der Waals surface area contributed by atoms with Gasteiger partial charge in [-0.25, -0.2) is 26.9 Å². The number of hydrogen-bond donors (Lipinski definition) is 22. The molecule has 0 saturated carbocycles. The van der Waals surface area contributed by atoms with E-state index in [1.54, 1.807) is 0 Å². The van der Waals surface area contributed by atoms with Crippen LogP contribution in [0.1, 0.15) is 6.92 Å². The summed E-state index contributed by atoms with van der Waals surface area (Å²) in [6.07, 6.45) is -71.6. The van der Waals surface area contributed by atoms with Crippen LogP contribution >= 0.6 is 0 Å². The van der Waals surface area contributed by atoms with Gasteiger partial charge in [-0.15, -0.1) is 0 Å². The van der Waals surface area contributed by atoms with Crippen LogP contribution in [0.4, 0.5) is 0 Å². The highest BCUT2D eigenvalue weighted by Crippen LogP contribution is 2.38.